The number of nitrogens with one attached hydrogen (secondary N) is 1. The molecule has 1 amide bonds. The number of hydrogen-bond donors (Lipinski definition) is 1. The molecule has 1 atom stereocenters. The summed E-state index contributed by atoms with van der Waals surface area (Å²) in [6.07, 6.45) is 2.07. The Morgan fingerprint density at radius 1 is 1.25 bits per heavy atom. The van der Waals surface area contributed by atoms with Gasteiger partial charge in [0.05, 0.1) is 12.7 Å². The van der Waals surface area contributed by atoms with Crippen molar-refractivity contribution in [3.8, 4) is 0 Å². The van der Waals surface area contributed by atoms with E-state index in [-0.39, 0.29) is 11.9 Å². The Morgan fingerprint density at radius 3 is 2.60 bits per heavy atom. The number of fused-ring (bicyclic) bond motifs is 1. The molecule has 20 heavy (non-hydrogen) atoms. The van der Waals surface area contributed by atoms with E-state index in [2.05, 4.69) is 32.2 Å². The minimum absolute atomic E-state index is 0.0483. The summed E-state index contributed by atoms with van der Waals surface area (Å²) in [4.78, 5) is 12.1. The summed E-state index contributed by atoms with van der Waals surface area (Å²) in [7, 11) is 0. The molecule has 0 aliphatic rings. The molecule has 3 nitrogen and oxygen atoms in total. The van der Waals surface area contributed by atoms with Crippen LogP contribution in [-0.2, 0) is 11.2 Å². The van der Waals surface area contributed by atoms with Gasteiger partial charge in [-0.1, -0.05) is 26.0 Å². The second kappa shape index (κ2) is 5.70. The van der Waals surface area contributed by atoms with Gasteiger partial charge in [-0.25, -0.2) is 0 Å². The van der Waals surface area contributed by atoms with Gasteiger partial charge in [-0.05, 0) is 37.8 Å². The Morgan fingerprint density at radius 2 is 1.95 bits per heavy atom. The standard InChI is InChI=1S/C17H23NO2/c1-10(2)13(5)18-16(19)8-14-9-20-17-12(4)11(3)6-7-15(14)17/h6-7,9-10,13H,8H2,1-5H3,(H,18,19). The van der Waals surface area contributed by atoms with E-state index in [1.165, 1.54) is 5.56 Å². The third kappa shape index (κ3) is 2.87. The Bertz CT molecular complexity index is 625. The van der Waals surface area contributed by atoms with Crippen LogP contribution in [0.2, 0.25) is 0 Å². The zero-order chi connectivity index (χ0) is 14.9. The molecule has 3 heteroatoms. The van der Waals surface area contributed by atoms with Crippen LogP contribution in [0, 0.1) is 19.8 Å². The van der Waals surface area contributed by atoms with Crippen molar-refractivity contribution in [3.05, 3.63) is 35.1 Å². The first-order valence-corrected chi connectivity index (χ1v) is 7.15. The molecule has 0 saturated heterocycles. The number of amides is 1. The average Bonchev–Trinajstić information content (AvgIpc) is 2.77. The van der Waals surface area contributed by atoms with Gasteiger partial charge in [0.25, 0.3) is 0 Å². The third-order valence-electron chi connectivity index (χ3n) is 4.08. The molecule has 1 aromatic carbocycles. The van der Waals surface area contributed by atoms with Crippen molar-refractivity contribution in [1.29, 1.82) is 0 Å². The molecule has 0 radical (unpaired) electrons. The molecule has 1 unspecified atom stereocenters. The van der Waals surface area contributed by atoms with Crippen LogP contribution >= 0.6 is 0 Å². The van der Waals surface area contributed by atoms with Crippen LogP contribution in [0.3, 0.4) is 0 Å². The first-order chi connectivity index (χ1) is 9.40. The van der Waals surface area contributed by atoms with E-state index in [1.807, 2.05) is 19.9 Å². The summed E-state index contributed by atoms with van der Waals surface area (Å²) in [5.74, 6) is 0.483. The van der Waals surface area contributed by atoms with Crippen molar-refractivity contribution in [3.63, 3.8) is 0 Å². The molecule has 0 fully saturated rings. The van der Waals surface area contributed by atoms with Gasteiger partial charge in [0.1, 0.15) is 5.58 Å². The second-order valence-corrected chi connectivity index (χ2v) is 5.92. The molecule has 0 aliphatic carbocycles. The molecule has 2 rings (SSSR count). The van der Waals surface area contributed by atoms with Crippen molar-refractivity contribution >= 4 is 16.9 Å². The highest BCUT2D eigenvalue weighted by atomic mass is 16.3. The molecule has 1 N–H and O–H groups in total. The van der Waals surface area contributed by atoms with Crippen LogP contribution in [0.25, 0.3) is 11.0 Å². The molecule has 0 saturated carbocycles. The van der Waals surface area contributed by atoms with Crippen LogP contribution in [0.5, 0.6) is 0 Å². The molecule has 1 heterocycles. The number of furan rings is 1. The Hall–Kier alpha value is -1.77. The highest BCUT2D eigenvalue weighted by Gasteiger charge is 2.15. The zero-order valence-electron chi connectivity index (χ0n) is 12.9. The fraction of sp³-hybridized carbons (Fsp3) is 0.471. The van der Waals surface area contributed by atoms with Gasteiger partial charge in [-0.3, -0.25) is 4.79 Å². The van der Waals surface area contributed by atoms with E-state index in [9.17, 15) is 4.79 Å². The van der Waals surface area contributed by atoms with Gasteiger partial charge in [0.15, 0.2) is 0 Å². The van der Waals surface area contributed by atoms with Crippen LogP contribution in [0.4, 0.5) is 0 Å². The molecular weight excluding hydrogens is 250 g/mol. The van der Waals surface area contributed by atoms with Crippen molar-refractivity contribution < 1.29 is 9.21 Å². The van der Waals surface area contributed by atoms with Crippen LogP contribution in [0.15, 0.2) is 22.8 Å². The Kier molecular flexibility index (Phi) is 4.17. The van der Waals surface area contributed by atoms with Gasteiger partial charge >= 0.3 is 0 Å². The van der Waals surface area contributed by atoms with Gasteiger partial charge < -0.3 is 9.73 Å². The maximum atomic E-state index is 12.1. The smallest absolute Gasteiger partial charge is 0.224 e. The highest BCUT2D eigenvalue weighted by molar-refractivity contribution is 5.89. The maximum Gasteiger partial charge on any atom is 0.224 e. The molecule has 2 aromatic rings. The van der Waals surface area contributed by atoms with E-state index < -0.39 is 0 Å². The summed E-state index contributed by atoms with van der Waals surface area (Å²) >= 11 is 0. The van der Waals surface area contributed by atoms with Crippen molar-refractivity contribution in [1.82, 2.24) is 5.32 Å². The fourth-order valence-electron chi connectivity index (χ4n) is 2.17. The molecule has 0 spiro atoms. The monoisotopic (exact) mass is 273 g/mol. The summed E-state index contributed by atoms with van der Waals surface area (Å²) < 4.78 is 5.63. The Labute approximate surface area is 120 Å². The minimum Gasteiger partial charge on any atom is -0.464 e. The predicted molar refractivity (Wildman–Crippen MR) is 81.8 cm³/mol. The van der Waals surface area contributed by atoms with Crippen molar-refractivity contribution in [2.24, 2.45) is 5.92 Å². The molecular formula is C17H23NO2. The molecule has 108 valence electrons. The largest absolute Gasteiger partial charge is 0.464 e. The van der Waals surface area contributed by atoms with Gasteiger partial charge in [-0.15, -0.1) is 0 Å². The number of aryl methyl sites for hydroxylation is 2. The van der Waals surface area contributed by atoms with Crippen LogP contribution in [0.1, 0.15) is 37.5 Å². The van der Waals surface area contributed by atoms with E-state index in [0.717, 1.165) is 22.1 Å². The SMILES string of the molecule is Cc1ccc2c(CC(=O)NC(C)C(C)C)coc2c1C. The van der Waals surface area contributed by atoms with Gasteiger partial charge in [0, 0.05) is 17.0 Å². The number of hydrogen-bond acceptors (Lipinski definition) is 2. The highest BCUT2D eigenvalue weighted by Crippen LogP contribution is 2.26. The molecule has 1 aromatic heterocycles. The van der Waals surface area contributed by atoms with E-state index in [1.54, 1.807) is 6.26 Å². The van der Waals surface area contributed by atoms with Crippen LogP contribution in [-0.4, -0.2) is 11.9 Å². The van der Waals surface area contributed by atoms with Crippen molar-refractivity contribution in [2.75, 3.05) is 0 Å². The first-order valence-electron chi connectivity index (χ1n) is 7.15. The molecule has 0 aliphatic heterocycles. The second-order valence-electron chi connectivity index (χ2n) is 5.92. The Balaban J connectivity index is 2.19. The summed E-state index contributed by atoms with van der Waals surface area (Å²) in [5.41, 5.74) is 4.20. The first kappa shape index (κ1) is 14.6. The summed E-state index contributed by atoms with van der Waals surface area (Å²) in [6, 6.07) is 4.30. The van der Waals surface area contributed by atoms with Gasteiger partial charge in [0.2, 0.25) is 5.91 Å². The van der Waals surface area contributed by atoms with E-state index in [4.69, 9.17) is 4.42 Å². The average molecular weight is 273 g/mol. The normalized spacial score (nSPS) is 12.9. The third-order valence-corrected chi connectivity index (χ3v) is 4.08. The van der Waals surface area contributed by atoms with E-state index in [0.29, 0.717) is 12.3 Å². The van der Waals surface area contributed by atoms with E-state index >= 15 is 0 Å². The predicted octanol–water partition coefficient (Wildman–Crippen LogP) is 3.75. The van der Waals surface area contributed by atoms with Crippen LogP contribution < -0.4 is 5.32 Å². The topological polar surface area (TPSA) is 42.2 Å². The molecule has 0 bridgehead atoms. The fourth-order valence-corrected chi connectivity index (χ4v) is 2.17. The number of carbonyl (C=O) groups is 1. The number of carbonyl (C=O) groups excluding carboxylic acids is 1. The summed E-state index contributed by atoms with van der Waals surface area (Å²) in [6.45, 7) is 10.3. The number of rotatable bonds is 4. The van der Waals surface area contributed by atoms with Crippen molar-refractivity contribution in [2.45, 2.75) is 47.1 Å². The lowest BCUT2D eigenvalue weighted by Gasteiger charge is -2.17. The van der Waals surface area contributed by atoms with Gasteiger partial charge in [-0.2, -0.15) is 0 Å². The lowest BCUT2D eigenvalue weighted by molar-refractivity contribution is -0.121. The maximum absolute atomic E-state index is 12.1. The lowest BCUT2D eigenvalue weighted by atomic mass is 10.0. The zero-order valence-corrected chi connectivity index (χ0v) is 12.9. The summed E-state index contributed by atoms with van der Waals surface area (Å²) in [5, 5.41) is 4.07. The lowest BCUT2D eigenvalue weighted by Crippen LogP contribution is -2.36. The quantitative estimate of drug-likeness (QED) is 0.921. The number of benzene rings is 1. The minimum atomic E-state index is 0.0483.